The molecule has 0 aromatic heterocycles. The third kappa shape index (κ3) is 28.3. The fourth-order valence-corrected chi connectivity index (χ4v) is 5.72. The summed E-state index contributed by atoms with van der Waals surface area (Å²) < 4.78 is 23.4. The number of unbranched alkanes of at least 4 members (excludes halogenated alkanes) is 18. The zero-order chi connectivity index (χ0) is 31.5. The predicted octanol–water partition coefficient (Wildman–Crippen LogP) is 8.29. The number of likely N-dealkylation sites (N-methyl/N-ethyl adjacent to an activating group) is 1. The van der Waals surface area contributed by atoms with Gasteiger partial charge in [-0.1, -0.05) is 136 Å². The van der Waals surface area contributed by atoms with E-state index in [1.165, 1.54) is 89.9 Å². The molecule has 3 atom stereocenters. The number of phosphoric acid groups is 1. The van der Waals surface area contributed by atoms with Gasteiger partial charge in [-0.05, 0) is 12.8 Å². The number of aliphatic hydroxyl groups excluding tert-OH is 1. The average molecular weight is 622 g/mol. The molecule has 0 bridgehead atoms. The number of aliphatic hydroxyl groups is 1. The van der Waals surface area contributed by atoms with E-state index in [2.05, 4.69) is 19.2 Å². The van der Waals surface area contributed by atoms with Gasteiger partial charge >= 0.3 is 7.82 Å². The molecule has 42 heavy (non-hydrogen) atoms. The molecule has 3 N–H and O–H groups in total. The van der Waals surface area contributed by atoms with Gasteiger partial charge in [0.15, 0.2) is 0 Å². The number of carbonyl (C=O) groups is 1. The van der Waals surface area contributed by atoms with Crippen LogP contribution in [-0.2, 0) is 18.4 Å². The summed E-state index contributed by atoms with van der Waals surface area (Å²) in [6.45, 7) is 4.83. The molecule has 8 nitrogen and oxygen atoms in total. The van der Waals surface area contributed by atoms with Gasteiger partial charge in [-0.2, -0.15) is 0 Å². The monoisotopic (exact) mass is 621 g/mol. The highest BCUT2D eigenvalue weighted by atomic mass is 31.2. The zero-order valence-electron chi connectivity index (χ0n) is 28.3. The molecule has 0 aromatic carbocycles. The molecule has 0 saturated heterocycles. The Balaban J connectivity index is 4.52. The normalized spacial score (nSPS) is 14.9. The Bertz CT molecular complexity index is 673. The number of phosphoric ester groups is 1. The summed E-state index contributed by atoms with van der Waals surface area (Å²) in [6, 6.07) is -0.748. The SMILES string of the molecule is CCCCCCCCCCCCCC(O)C(COP(=O)(O)OCC[N+](C)(C)C)NC(=O)CCCCCCCCCCC. The van der Waals surface area contributed by atoms with Gasteiger partial charge in [-0.3, -0.25) is 13.8 Å². The Morgan fingerprint density at radius 1 is 0.714 bits per heavy atom. The zero-order valence-corrected chi connectivity index (χ0v) is 29.1. The molecule has 1 amide bonds. The van der Waals surface area contributed by atoms with Crippen LogP contribution in [0.3, 0.4) is 0 Å². The van der Waals surface area contributed by atoms with Crippen LogP contribution in [0, 0.1) is 0 Å². The van der Waals surface area contributed by atoms with Crippen LogP contribution in [0.1, 0.15) is 155 Å². The topological polar surface area (TPSA) is 105 Å². The van der Waals surface area contributed by atoms with Gasteiger partial charge in [0, 0.05) is 6.42 Å². The van der Waals surface area contributed by atoms with Crippen LogP contribution < -0.4 is 5.32 Å². The van der Waals surface area contributed by atoms with Crippen LogP contribution >= 0.6 is 7.82 Å². The molecular weight excluding hydrogens is 551 g/mol. The molecule has 0 spiro atoms. The van der Waals surface area contributed by atoms with Crippen molar-refractivity contribution in [3.8, 4) is 0 Å². The lowest BCUT2D eigenvalue weighted by atomic mass is 10.0. The molecule has 0 fully saturated rings. The number of hydrogen-bond acceptors (Lipinski definition) is 5. The van der Waals surface area contributed by atoms with Crippen molar-refractivity contribution < 1.29 is 32.9 Å². The average Bonchev–Trinajstić information content (AvgIpc) is 2.92. The summed E-state index contributed by atoms with van der Waals surface area (Å²) in [5, 5.41) is 13.8. The second-order valence-electron chi connectivity index (χ2n) is 13.3. The first-order chi connectivity index (χ1) is 20.0. The molecule has 0 aliphatic carbocycles. The Morgan fingerprint density at radius 3 is 1.60 bits per heavy atom. The fourth-order valence-electron chi connectivity index (χ4n) is 4.98. The van der Waals surface area contributed by atoms with E-state index in [1.807, 2.05) is 21.1 Å². The van der Waals surface area contributed by atoms with Gasteiger partial charge in [0.25, 0.3) is 0 Å². The number of quaternary nitrogens is 1. The predicted molar refractivity (Wildman–Crippen MR) is 175 cm³/mol. The van der Waals surface area contributed by atoms with Crippen LogP contribution in [-0.4, -0.2) is 73.4 Å². The van der Waals surface area contributed by atoms with E-state index in [1.54, 1.807) is 0 Å². The summed E-state index contributed by atoms with van der Waals surface area (Å²) in [4.78, 5) is 22.8. The fraction of sp³-hybridized carbons (Fsp3) is 0.970. The first-order valence-corrected chi connectivity index (χ1v) is 18.9. The summed E-state index contributed by atoms with van der Waals surface area (Å²) in [7, 11) is 1.62. The van der Waals surface area contributed by atoms with Gasteiger partial charge in [0.2, 0.25) is 5.91 Å². The van der Waals surface area contributed by atoms with Crippen molar-refractivity contribution in [3.63, 3.8) is 0 Å². The molecule has 252 valence electrons. The number of amides is 1. The van der Waals surface area contributed by atoms with Gasteiger partial charge in [0.05, 0.1) is 39.9 Å². The quantitative estimate of drug-likeness (QED) is 0.0409. The lowest BCUT2D eigenvalue weighted by Gasteiger charge is -2.26. The summed E-state index contributed by atoms with van der Waals surface area (Å²) in [6.07, 6.45) is 24.1. The Morgan fingerprint density at radius 2 is 1.14 bits per heavy atom. The highest BCUT2D eigenvalue weighted by Crippen LogP contribution is 2.43. The molecular formula is C33H70N2O6P+. The van der Waals surface area contributed by atoms with E-state index in [0.29, 0.717) is 23.9 Å². The van der Waals surface area contributed by atoms with Crippen LogP contribution in [0.2, 0.25) is 0 Å². The first-order valence-electron chi connectivity index (χ1n) is 17.4. The molecule has 0 aliphatic heterocycles. The van der Waals surface area contributed by atoms with Crippen molar-refractivity contribution in [2.45, 2.75) is 167 Å². The maximum atomic E-state index is 12.7. The van der Waals surface area contributed by atoms with Crippen molar-refractivity contribution in [1.82, 2.24) is 5.32 Å². The number of hydrogen-bond donors (Lipinski definition) is 3. The Labute approximate surface area is 259 Å². The third-order valence-corrected chi connectivity index (χ3v) is 8.84. The van der Waals surface area contributed by atoms with Crippen molar-refractivity contribution >= 4 is 13.7 Å². The maximum absolute atomic E-state index is 12.7. The molecule has 0 aliphatic rings. The minimum Gasteiger partial charge on any atom is -0.391 e. The van der Waals surface area contributed by atoms with E-state index in [9.17, 15) is 19.4 Å². The largest absolute Gasteiger partial charge is 0.472 e. The van der Waals surface area contributed by atoms with Crippen LogP contribution in [0.4, 0.5) is 0 Å². The van der Waals surface area contributed by atoms with E-state index < -0.39 is 20.0 Å². The van der Waals surface area contributed by atoms with Crippen molar-refractivity contribution in [3.05, 3.63) is 0 Å². The standard InChI is InChI=1S/C33H69N2O6P/c1-6-8-10-12-14-16-17-19-20-22-24-26-32(36)31(30-41-42(38,39)40-29-28-35(3,4)5)34-33(37)27-25-23-21-18-15-13-11-9-7-2/h31-32,36H,6-30H2,1-5H3,(H-,34,37,38,39)/p+1. The summed E-state index contributed by atoms with van der Waals surface area (Å²) in [5.41, 5.74) is 0. The molecule has 0 aromatic rings. The van der Waals surface area contributed by atoms with E-state index in [-0.39, 0.29) is 19.1 Å². The number of nitrogens with one attached hydrogen (secondary N) is 1. The lowest BCUT2D eigenvalue weighted by molar-refractivity contribution is -0.870. The third-order valence-electron chi connectivity index (χ3n) is 7.86. The van der Waals surface area contributed by atoms with Crippen LogP contribution in [0.5, 0.6) is 0 Å². The van der Waals surface area contributed by atoms with Crippen molar-refractivity contribution in [1.29, 1.82) is 0 Å². The van der Waals surface area contributed by atoms with E-state index in [4.69, 9.17) is 9.05 Å². The summed E-state index contributed by atoms with van der Waals surface area (Å²) >= 11 is 0. The second kappa shape index (κ2) is 26.9. The molecule has 0 rings (SSSR count). The minimum absolute atomic E-state index is 0.0776. The summed E-state index contributed by atoms with van der Waals surface area (Å²) in [5.74, 6) is -0.150. The van der Waals surface area contributed by atoms with Crippen LogP contribution in [0.15, 0.2) is 0 Å². The number of rotatable bonds is 31. The Hall–Kier alpha value is -0.500. The van der Waals surface area contributed by atoms with Crippen LogP contribution in [0.25, 0.3) is 0 Å². The van der Waals surface area contributed by atoms with Gasteiger partial charge in [-0.15, -0.1) is 0 Å². The molecule has 9 heteroatoms. The first kappa shape index (κ1) is 41.5. The Kier molecular flexibility index (Phi) is 26.5. The van der Waals surface area contributed by atoms with Gasteiger partial charge in [0.1, 0.15) is 13.2 Å². The highest BCUT2D eigenvalue weighted by Gasteiger charge is 2.28. The smallest absolute Gasteiger partial charge is 0.391 e. The van der Waals surface area contributed by atoms with Gasteiger partial charge in [-0.25, -0.2) is 4.57 Å². The van der Waals surface area contributed by atoms with E-state index in [0.717, 1.165) is 38.5 Å². The second-order valence-corrected chi connectivity index (χ2v) is 14.7. The van der Waals surface area contributed by atoms with Crippen molar-refractivity contribution in [2.75, 3.05) is 40.9 Å². The highest BCUT2D eigenvalue weighted by molar-refractivity contribution is 7.47. The molecule has 0 saturated carbocycles. The lowest BCUT2D eigenvalue weighted by Crippen LogP contribution is -2.46. The molecule has 0 heterocycles. The molecule has 0 radical (unpaired) electrons. The number of nitrogens with zero attached hydrogens (tertiary/aromatic N) is 1. The number of carbonyl (C=O) groups excluding carboxylic acids is 1. The maximum Gasteiger partial charge on any atom is 0.472 e. The van der Waals surface area contributed by atoms with Crippen molar-refractivity contribution in [2.24, 2.45) is 0 Å². The molecule has 3 unspecified atom stereocenters. The van der Waals surface area contributed by atoms with E-state index >= 15 is 0 Å². The van der Waals surface area contributed by atoms with Gasteiger partial charge < -0.3 is 19.8 Å². The minimum atomic E-state index is -4.29.